The van der Waals surface area contributed by atoms with Crippen LogP contribution in [0.15, 0.2) is 33.5 Å². The molecule has 0 radical (unpaired) electrons. The molecule has 5 heteroatoms. The third kappa shape index (κ3) is 2.76. The highest BCUT2D eigenvalue weighted by Crippen LogP contribution is 2.33. The number of methoxy groups -OCH3 is 1. The van der Waals surface area contributed by atoms with Gasteiger partial charge in [-0.1, -0.05) is 12.1 Å². The maximum absolute atomic E-state index is 12.4. The van der Waals surface area contributed by atoms with Crippen molar-refractivity contribution in [3.63, 3.8) is 0 Å². The van der Waals surface area contributed by atoms with E-state index in [0.29, 0.717) is 11.3 Å². The van der Waals surface area contributed by atoms with Gasteiger partial charge in [0.05, 0.1) is 7.11 Å². The molecule has 1 aliphatic carbocycles. The van der Waals surface area contributed by atoms with Crippen LogP contribution in [0.3, 0.4) is 0 Å². The Labute approximate surface area is 143 Å². The molecule has 2 aromatic heterocycles. The first-order chi connectivity index (χ1) is 11.7. The third-order valence-electron chi connectivity index (χ3n) is 4.30. The van der Waals surface area contributed by atoms with E-state index in [-0.39, 0.29) is 5.63 Å². The van der Waals surface area contributed by atoms with Crippen molar-refractivity contribution in [2.75, 3.05) is 7.11 Å². The van der Waals surface area contributed by atoms with Gasteiger partial charge in [-0.25, -0.2) is 9.78 Å². The van der Waals surface area contributed by atoms with Crippen LogP contribution >= 0.6 is 11.3 Å². The Bertz CT molecular complexity index is 967. The first-order valence-electron chi connectivity index (χ1n) is 8.02. The van der Waals surface area contributed by atoms with Crippen molar-refractivity contribution in [2.45, 2.75) is 25.7 Å². The van der Waals surface area contributed by atoms with Crippen molar-refractivity contribution < 1.29 is 9.15 Å². The van der Waals surface area contributed by atoms with Gasteiger partial charge in [0.25, 0.3) is 0 Å². The highest BCUT2D eigenvalue weighted by atomic mass is 32.1. The van der Waals surface area contributed by atoms with Crippen LogP contribution in [0.25, 0.3) is 22.4 Å². The Balaban J connectivity index is 1.69. The van der Waals surface area contributed by atoms with E-state index in [9.17, 15) is 4.79 Å². The zero-order chi connectivity index (χ0) is 16.5. The first-order valence-corrected chi connectivity index (χ1v) is 8.84. The molecule has 0 fully saturated rings. The molecular formula is C19H17NO3S. The van der Waals surface area contributed by atoms with Crippen LogP contribution in [0.4, 0.5) is 0 Å². The Kier molecular flexibility index (Phi) is 3.94. The molecule has 0 saturated heterocycles. The predicted molar refractivity (Wildman–Crippen MR) is 96.7 cm³/mol. The lowest BCUT2D eigenvalue weighted by Crippen LogP contribution is -2.06. The van der Waals surface area contributed by atoms with Gasteiger partial charge < -0.3 is 9.15 Å². The van der Waals surface area contributed by atoms with Crippen LogP contribution in [-0.4, -0.2) is 12.1 Å². The van der Waals surface area contributed by atoms with Gasteiger partial charge in [-0.2, -0.15) is 0 Å². The van der Waals surface area contributed by atoms with E-state index in [0.717, 1.165) is 41.0 Å². The number of hydrogen-bond acceptors (Lipinski definition) is 5. The number of rotatable bonds is 3. The van der Waals surface area contributed by atoms with Gasteiger partial charge in [0.1, 0.15) is 16.0 Å². The number of aryl methyl sites for hydroxylation is 2. The molecule has 2 heterocycles. The summed E-state index contributed by atoms with van der Waals surface area (Å²) in [4.78, 5) is 19.0. The van der Waals surface area contributed by atoms with Crippen molar-refractivity contribution >= 4 is 33.7 Å². The lowest BCUT2D eigenvalue weighted by molar-refractivity contribution is 0.415. The third-order valence-corrected chi connectivity index (χ3v) is 5.49. The molecule has 0 bridgehead atoms. The van der Waals surface area contributed by atoms with E-state index in [4.69, 9.17) is 9.15 Å². The summed E-state index contributed by atoms with van der Waals surface area (Å²) in [6, 6.07) is 7.66. The Morgan fingerprint density at radius 2 is 1.96 bits per heavy atom. The van der Waals surface area contributed by atoms with Crippen LogP contribution in [0.2, 0.25) is 0 Å². The minimum absolute atomic E-state index is 0.270. The monoisotopic (exact) mass is 339 g/mol. The first kappa shape index (κ1) is 15.1. The van der Waals surface area contributed by atoms with E-state index in [1.807, 2.05) is 30.3 Å². The van der Waals surface area contributed by atoms with E-state index in [1.54, 1.807) is 24.5 Å². The predicted octanol–water partition coefficient (Wildman–Crippen LogP) is 4.31. The fourth-order valence-corrected chi connectivity index (χ4v) is 4.31. The summed E-state index contributed by atoms with van der Waals surface area (Å²) in [6.45, 7) is 0. The molecule has 24 heavy (non-hydrogen) atoms. The maximum atomic E-state index is 12.4. The molecule has 0 spiro atoms. The number of aromatic nitrogens is 1. The number of fused-ring (bicyclic) bond motifs is 3. The summed E-state index contributed by atoms with van der Waals surface area (Å²) < 4.78 is 10.6. The van der Waals surface area contributed by atoms with E-state index in [1.165, 1.54) is 11.3 Å². The van der Waals surface area contributed by atoms with Crippen LogP contribution < -0.4 is 10.4 Å². The molecule has 0 saturated carbocycles. The quantitative estimate of drug-likeness (QED) is 0.713. The summed E-state index contributed by atoms with van der Waals surface area (Å²) in [7, 11) is 1.64. The van der Waals surface area contributed by atoms with Gasteiger partial charge in [-0.3, -0.25) is 0 Å². The van der Waals surface area contributed by atoms with E-state index < -0.39 is 0 Å². The second kappa shape index (κ2) is 6.24. The maximum Gasteiger partial charge on any atom is 0.348 e. The lowest BCUT2D eigenvalue weighted by atomic mass is 9.97. The number of nitrogens with zero attached hydrogens (tertiary/aromatic N) is 1. The van der Waals surface area contributed by atoms with E-state index >= 15 is 0 Å². The molecule has 1 aliphatic rings. The molecule has 4 nitrogen and oxygen atoms in total. The molecule has 122 valence electrons. The van der Waals surface area contributed by atoms with Crippen molar-refractivity contribution in [1.82, 2.24) is 4.98 Å². The highest BCUT2D eigenvalue weighted by molar-refractivity contribution is 7.18. The summed E-state index contributed by atoms with van der Waals surface area (Å²) in [5, 5.41) is 0.691. The molecule has 3 aromatic rings. The number of hydrogen-bond donors (Lipinski definition) is 0. The Morgan fingerprint density at radius 3 is 2.75 bits per heavy atom. The van der Waals surface area contributed by atoms with Crippen LogP contribution in [0.5, 0.6) is 5.75 Å². The van der Waals surface area contributed by atoms with Gasteiger partial charge in [0.2, 0.25) is 5.89 Å². The molecule has 4 rings (SSSR count). The van der Waals surface area contributed by atoms with Crippen LogP contribution in [0.1, 0.15) is 34.7 Å². The zero-order valence-electron chi connectivity index (χ0n) is 13.4. The molecular weight excluding hydrogens is 322 g/mol. The normalized spacial score (nSPS) is 14.2. The molecule has 1 aromatic carbocycles. The van der Waals surface area contributed by atoms with Crippen LogP contribution in [-0.2, 0) is 12.8 Å². The minimum Gasteiger partial charge on any atom is -0.497 e. The van der Waals surface area contributed by atoms with Gasteiger partial charge >= 0.3 is 5.63 Å². The van der Waals surface area contributed by atoms with Crippen molar-refractivity contribution in [3.8, 4) is 5.75 Å². The van der Waals surface area contributed by atoms with E-state index in [2.05, 4.69) is 4.98 Å². The summed E-state index contributed by atoms with van der Waals surface area (Å²) in [5.74, 6) is 1.16. The molecule has 0 N–H and O–H groups in total. The lowest BCUT2D eigenvalue weighted by Gasteiger charge is -2.09. The average molecular weight is 339 g/mol. The van der Waals surface area contributed by atoms with Crippen molar-refractivity contribution in [1.29, 1.82) is 0 Å². The molecule has 0 aliphatic heterocycles. The molecule has 0 atom stereocenters. The number of thiophene rings is 1. The highest BCUT2D eigenvalue weighted by Gasteiger charge is 2.20. The minimum atomic E-state index is -0.270. The van der Waals surface area contributed by atoms with Gasteiger partial charge in [-0.15, -0.1) is 11.3 Å². The molecule has 0 unspecified atom stereocenters. The van der Waals surface area contributed by atoms with Crippen molar-refractivity contribution in [2.24, 2.45) is 0 Å². The van der Waals surface area contributed by atoms with Gasteiger partial charge in [0.15, 0.2) is 0 Å². The van der Waals surface area contributed by atoms with Crippen LogP contribution in [0, 0.1) is 0 Å². The van der Waals surface area contributed by atoms with Crippen molar-refractivity contribution in [3.05, 3.63) is 56.6 Å². The standard InChI is InChI=1S/C19H17NO3S/c1-22-13-9-6-12(7-10-13)8-11-16-20-18-17(19(21)23-16)14-4-2-3-5-15(14)24-18/h6-11H,2-5H2,1H3. The smallest absolute Gasteiger partial charge is 0.348 e. The molecule has 0 amide bonds. The summed E-state index contributed by atoms with van der Waals surface area (Å²) in [6.07, 6.45) is 7.95. The second-order valence-electron chi connectivity index (χ2n) is 5.84. The second-order valence-corrected chi connectivity index (χ2v) is 6.92. The SMILES string of the molecule is COc1ccc(C=Cc2nc3sc4c(c3c(=O)o2)CCCC4)cc1. The fourth-order valence-electron chi connectivity index (χ4n) is 3.06. The van der Waals surface area contributed by atoms with Gasteiger partial charge in [-0.05, 0) is 55.0 Å². The van der Waals surface area contributed by atoms with Gasteiger partial charge in [0, 0.05) is 11.0 Å². The Hall–Kier alpha value is -2.40. The Morgan fingerprint density at radius 1 is 1.17 bits per heavy atom. The average Bonchev–Trinajstić information content (AvgIpc) is 2.99. The summed E-state index contributed by atoms with van der Waals surface area (Å²) >= 11 is 1.63. The number of ether oxygens (including phenoxy) is 1. The topological polar surface area (TPSA) is 52.3 Å². The number of benzene rings is 1. The fraction of sp³-hybridized carbons (Fsp3) is 0.263. The largest absolute Gasteiger partial charge is 0.497 e. The zero-order valence-corrected chi connectivity index (χ0v) is 14.2. The summed E-state index contributed by atoms with van der Waals surface area (Å²) in [5.41, 5.74) is 1.88.